The van der Waals surface area contributed by atoms with Gasteiger partial charge in [0, 0.05) is 25.5 Å². The maximum atomic E-state index is 13.5. The first-order chi connectivity index (χ1) is 18.6. The summed E-state index contributed by atoms with van der Waals surface area (Å²) in [5.41, 5.74) is 2.00. The first-order valence-corrected chi connectivity index (χ1v) is 13.5. The molecule has 0 saturated carbocycles. The highest BCUT2D eigenvalue weighted by Gasteiger charge is 2.55. The summed E-state index contributed by atoms with van der Waals surface area (Å²) in [6.45, 7) is 5.99. The van der Waals surface area contributed by atoms with Crippen molar-refractivity contribution in [1.29, 1.82) is 0 Å². The number of fused-ring (bicyclic) bond motifs is 3. The van der Waals surface area contributed by atoms with Gasteiger partial charge in [-0.1, -0.05) is 48.5 Å². The third kappa shape index (κ3) is 5.51. The molecule has 2 saturated heterocycles. The number of likely N-dealkylation sites (tertiary alicyclic amines) is 1. The van der Waals surface area contributed by atoms with E-state index in [1.54, 1.807) is 20.8 Å². The summed E-state index contributed by atoms with van der Waals surface area (Å²) in [5, 5.41) is 13.4. The van der Waals surface area contributed by atoms with Crippen molar-refractivity contribution in [3.8, 4) is 11.1 Å². The lowest BCUT2D eigenvalue weighted by Gasteiger charge is -2.27. The van der Waals surface area contributed by atoms with E-state index in [-0.39, 0.29) is 31.6 Å². The minimum atomic E-state index is -1.53. The highest BCUT2D eigenvalue weighted by atomic mass is 16.6. The molecule has 3 atom stereocenters. The maximum absolute atomic E-state index is 13.5. The Morgan fingerprint density at radius 1 is 1.08 bits per heavy atom. The van der Waals surface area contributed by atoms with Crippen LogP contribution in [0.3, 0.4) is 0 Å². The number of carbonyl (C=O) groups is 3. The molecule has 2 aliphatic heterocycles. The number of aliphatic carboxylic acids is 1. The van der Waals surface area contributed by atoms with Gasteiger partial charge < -0.3 is 19.3 Å². The van der Waals surface area contributed by atoms with Crippen LogP contribution in [0.15, 0.2) is 48.5 Å². The van der Waals surface area contributed by atoms with Gasteiger partial charge in [-0.3, -0.25) is 15.0 Å². The molecular weight excluding hydrogens is 500 g/mol. The van der Waals surface area contributed by atoms with Crippen molar-refractivity contribution in [3.63, 3.8) is 0 Å². The Bertz CT molecular complexity index is 1200. The predicted molar refractivity (Wildman–Crippen MR) is 143 cm³/mol. The molecule has 2 fully saturated rings. The van der Waals surface area contributed by atoms with Crippen LogP contribution in [-0.2, 0) is 23.8 Å². The zero-order chi connectivity index (χ0) is 27.8. The van der Waals surface area contributed by atoms with Crippen molar-refractivity contribution < 1.29 is 33.7 Å². The third-order valence-electron chi connectivity index (χ3n) is 7.71. The van der Waals surface area contributed by atoms with Gasteiger partial charge in [0.15, 0.2) is 0 Å². The van der Waals surface area contributed by atoms with E-state index in [9.17, 15) is 19.5 Å². The number of hydrogen-bond donors (Lipinski definition) is 2. The van der Waals surface area contributed by atoms with E-state index >= 15 is 0 Å². The number of carboxylic acid groups (broad SMARTS) is 1. The molecule has 3 aliphatic rings. The topological polar surface area (TPSA) is 114 Å². The van der Waals surface area contributed by atoms with E-state index in [0.29, 0.717) is 13.2 Å². The Morgan fingerprint density at radius 2 is 1.72 bits per heavy atom. The van der Waals surface area contributed by atoms with Gasteiger partial charge in [-0.2, -0.15) is 0 Å². The van der Waals surface area contributed by atoms with Crippen LogP contribution in [0, 0.1) is 0 Å². The van der Waals surface area contributed by atoms with Gasteiger partial charge in [-0.05, 0) is 55.9 Å². The smallest absolute Gasteiger partial charge is 0.410 e. The van der Waals surface area contributed by atoms with Gasteiger partial charge in [0.05, 0.1) is 12.6 Å². The molecule has 0 spiro atoms. The van der Waals surface area contributed by atoms with E-state index < -0.39 is 35.2 Å². The molecule has 5 rings (SSSR count). The number of esters is 1. The largest absolute Gasteiger partial charge is 0.480 e. The number of carboxylic acids is 1. The van der Waals surface area contributed by atoms with Crippen LogP contribution in [-0.4, -0.2) is 77.6 Å². The summed E-state index contributed by atoms with van der Waals surface area (Å²) >= 11 is 0. The lowest BCUT2D eigenvalue weighted by molar-refractivity contribution is -0.159. The van der Waals surface area contributed by atoms with Crippen molar-refractivity contribution >= 4 is 18.0 Å². The molecule has 39 heavy (non-hydrogen) atoms. The van der Waals surface area contributed by atoms with Crippen LogP contribution < -0.4 is 5.32 Å². The van der Waals surface area contributed by atoms with Crippen molar-refractivity contribution in [2.24, 2.45) is 0 Å². The standard InChI is InChI=1S/C30H36N2O7/c1-29(2,3)39-26(33)25-15-30(27(34)35,31-16-19-9-8-14-37-19)18-32(25)28(36)38-17-24-22-12-6-4-10-20(22)21-11-5-7-13-23(21)24/h4-7,10-13,19,24-25,31H,8-9,14-18H2,1-3H3,(H,34,35). The highest BCUT2D eigenvalue weighted by molar-refractivity contribution is 5.88. The molecule has 1 amide bonds. The number of rotatable bonds is 7. The first-order valence-electron chi connectivity index (χ1n) is 13.5. The molecule has 9 nitrogen and oxygen atoms in total. The molecule has 2 aromatic carbocycles. The molecule has 2 aromatic rings. The molecule has 1 aliphatic carbocycles. The van der Waals surface area contributed by atoms with E-state index in [2.05, 4.69) is 17.4 Å². The number of ether oxygens (including phenoxy) is 3. The second-order valence-corrected chi connectivity index (χ2v) is 11.6. The molecule has 0 bridgehead atoms. The number of carbonyl (C=O) groups excluding carboxylic acids is 2. The fourth-order valence-electron chi connectivity index (χ4n) is 5.83. The fourth-order valence-corrected chi connectivity index (χ4v) is 5.83. The van der Waals surface area contributed by atoms with Crippen LogP contribution in [0.2, 0.25) is 0 Å². The Balaban J connectivity index is 1.36. The van der Waals surface area contributed by atoms with Gasteiger partial charge >= 0.3 is 18.0 Å². The molecule has 2 N–H and O–H groups in total. The van der Waals surface area contributed by atoms with Crippen molar-refractivity contribution in [2.75, 3.05) is 26.3 Å². The lowest BCUT2D eigenvalue weighted by Crippen LogP contribution is -2.56. The van der Waals surface area contributed by atoms with Crippen LogP contribution in [0.1, 0.15) is 57.1 Å². The van der Waals surface area contributed by atoms with Crippen LogP contribution in [0.4, 0.5) is 4.79 Å². The van der Waals surface area contributed by atoms with E-state index in [0.717, 1.165) is 35.1 Å². The van der Waals surface area contributed by atoms with Crippen LogP contribution >= 0.6 is 0 Å². The van der Waals surface area contributed by atoms with Crippen LogP contribution in [0.25, 0.3) is 11.1 Å². The zero-order valence-corrected chi connectivity index (χ0v) is 22.6. The first kappa shape index (κ1) is 27.1. The predicted octanol–water partition coefficient (Wildman–Crippen LogP) is 3.94. The normalized spacial score (nSPS) is 24.3. The zero-order valence-electron chi connectivity index (χ0n) is 22.6. The van der Waals surface area contributed by atoms with E-state index in [4.69, 9.17) is 14.2 Å². The monoisotopic (exact) mass is 536 g/mol. The van der Waals surface area contributed by atoms with E-state index in [1.807, 2.05) is 36.4 Å². The van der Waals surface area contributed by atoms with Gasteiger partial charge in [-0.25, -0.2) is 9.59 Å². The Hall–Kier alpha value is -3.43. The molecule has 3 unspecified atom stereocenters. The highest BCUT2D eigenvalue weighted by Crippen LogP contribution is 2.44. The van der Waals surface area contributed by atoms with Crippen molar-refractivity contribution in [1.82, 2.24) is 10.2 Å². The Kier molecular flexibility index (Phi) is 7.39. The second-order valence-electron chi connectivity index (χ2n) is 11.6. The molecule has 0 aromatic heterocycles. The lowest BCUT2D eigenvalue weighted by atomic mass is 9.95. The molecule has 9 heteroatoms. The van der Waals surface area contributed by atoms with E-state index in [1.165, 1.54) is 4.90 Å². The summed E-state index contributed by atoms with van der Waals surface area (Å²) in [6.07, 6.45) is 0.765. The molecule has 2 heterocycles. The van der Waals surface area contributed by atoms with Crippen molar-refractivity contribution in [3.05, 3.63) is 59.7 Å². The minimum Gasteiger partial charge on any atom is -0.480 e. The molecule has 0 radical (unpaired) electrons. The average molecular weight is 537 g/mol. The maximum Gasteiger partial charge on any atom is 0.410 e. The second kappa shape index (κ2) is 10.6. The Labute approximate surface area is 228 Å². The van der Waals surface area contributed by atoms with Gasteiger partial charge in [-0.15, -0.1) is 0 Å². The summed E-state index contributed by atoms with van der Waals surface area (Å²) in [5.74, 6) is -1.95. The fraction of sp³-hybridized carbons (Fsp3) is 0.500. The SMILES string of the molecule is CC(C)(C)OC(=O)C1CC(NCC2CCCO2)(C(=O)O)CN1C(=O)OCC1c2ccccc2-c2ccccc21. The van der Waals surface area contributed by atoms with Crippen LogP contribution in [0.5, 0.6) is 0 Å². The van der Waals surface area contributed by atoms with Gasteiger partial charge in [0.25, 0.3) is 0 Å². The number of amides is 1. The van der Waals surface area contributed by atoms with Gasteiger partial charge in [0.1, 0.15) is 23.8 Å². The third-order valence-corrected chi connectivity index (χ3v) is 7.71. The average Bonchev–Trinajstić information content (AvgIpc) is 3.62. The summed E-state index contributed by atoms with van der Waals surface area (Å²) in [4.78, 5) is 40.5. The van der Waals surface area contributed by atoms with Gasteiger partial charge in [0.2, 0.25) is 0 Å². The quantitative estimate of drug-likeness (QED) is 0.512. The Morgan fingerprint density at radius 3 is 2.28 bits per heavy atom. The minimum absolute atomic E-state index is 0.0633. The molecular formula is C30H36N2O7. The van der Waals surface area contributed by atoms with Crippen molar-refractivity contribution in [2.45, 2.75) is 69.2 Å². The number of nitrogens with one attached hydrogen (secondary N) is 1. The summed E-state index contributed by atoms with van der Waals surface area (Å²) in [6, 6.07) is 14.9. The summed E-state index contributed by atoms with van der Waals surface area (Å²) < 4.78 is 17.1. The summed E-state index contributed by atoms with van der Waals surface area (Å²) in [7, 11) is 0. The molecule has 208 valence electrons. The number of hydrogen-bond acceptors (Lipinski definition) is 7. The number of benzene rings is 2. The number of nitrogens with zero attached hydrogens (tertiary/aromatic N) is 1.